The van der Waals surface area contributed by atoms with E-state index in [0.29, 0.717) is 16.7 Å². The summed E-state index contributed by atoms with van der Waals surface area (Å²) in [5.74, 6) is 0.656. The van der Waals surface area contributed by atoms with Gasteiger partial charge < -0.3 is 14.7 Å². The molecule has 0 aliphatic heterocycles. The van der Waals surface area contributed by atoms with E-state index >= 15 is 0 Å². The Morgan fingerprint density at radius 3 is 3.14 bits per heavy atom. The molecule has 1 aromatic carbocycles. The Labute approximate surface area is 136 Å². The number of benzene rings is 1. The van der Waals surface area contributed by atoms with Gasteiger partial charge in [-0.1, -0.05) is 23.4 Å². The lowest BCUT2D eigenvalue weighted by Gasteiger charge is -2.09. The summed E-state index contributed by atoms with van der Waals surface area (Å²) in [5, 5.41) is 3.90. The highest BCUT2D eigenvalue weighted by Crippen LogP contribution is 2.25. The van der Waals surface area contributed by atoms with Gasteiger partial charge in [0, 0.05) is 5.02 Å². The van der Waals surface area contributed by atoms with Crippen molar-refractivity contribution in [1.29, 1.82) is 0 Å². The van der Waals surface area contributed by atoms with Gasteiger partial charge in [-0.15, -0.1) is 0 Å². The first-order valence-corrected chi connectivity index (χ1v) is 7.99. The number of H-pyrrole nitrogens is 1. The van der Waals surface area contributed by atoms with Gasteiger partial charge in [-0.25, -0.2) is 4.98 Å². The Kier molecular flexibility index (Phi) is 4.40. The molecule has 1 amide bonds. The zero-order valence-electron chi connectivity index (χ0n) is 11.8. The average molecular weight is 336 g/mol. The van der Waals surface area contributed by atoms with Crippen LogP contribution in [-0.2, 0) is 11.3 Å². The molecule has 0 radical (unpaired) electrons. The Bertz CT molecular complexity index is 785. The lowest BCUT2D eigenvalue weighted by atomic mass is 10.3. The van der Waals surface area contributed by atoms with E-state index in [0.717, 1.165) is 16.8 Å². The fourth-order valence-corrected chi connectivity index (χ4v) is 2.98. The van der Waals surface area contributed by atoms with Crippen LogP contribution in [0.3, 0.4) is 0 Å². The fraction of sp³-hybridized carbons (Fsp3) is 0.200. The molecule has 5 nitrogen and oxygen atoms in total. The van der Waals surface area contributed by atoms with Crippen molar-refractivity contribution in [2.24, 2.45) is 0 Å². The number of nitrogens with zero attached hydrogens (tertiary/aromatic N) is 1. The van der Waals surface area contributed by atoms with Crippen LogP contribution in [0.15, 0.2) is 46.2 Å². The van der Waals surface area contributed by atoms with Crippen LogP contribution >= 0.6 is 23.4 Å². The second-order valence-electron chi connectivity index (χ2n) is 4.76. The zero-order valence-corrected chi connectivity index (χ0v) is 13.4. The maximum absolute atomic E-state index is 12.1. The number of hydrogen-bond donors (Lipinski definition) is 2. The van der Waals surface area contributed by atoms with Crippen LogP contribution in [0.25, 0.3) is 11.0 Å². The number of hydrogen-bond acceptors (Lipinski definition) is 4. The predicted molar refractivity (Wildman–Crippen MR) is 87.0 cm³/mol. The third kappa shape index (κ3) is 3.45. The number of imidazole rings is 1. The van der Waals surface area contributed by atoms with E-state index < -0.39 is 0 Å². The number of halogens is 1. The van der Waals surface area contributed by atoms with Gasteiger partial charge >= 0.3 is 0 Å². The molecule has 0 saturated heterocycles. The number of nitrogens with one attached hydrogen (secondary N) is 2. The molecule has 3 aromatic rings. The molecule has 0 aliphatic rings. The Morgan fingerprint density at radius 2 is 2.36 bits per heavy atom. The normalized spacial score (nSPS) is 12.5. The second-order valence-corrected chi connectivity index (χ2v) is 6.53. The van der Waals surface area contributed by atoms with Crippen LogP contribution in [-0.4, -0.2) is 21.1 Å². The maximum atomic E-state index is 12.1. The van der Waals surface area contributed by atoms with Gasteiger partial charge in [-0.3, -0.25) is 4.79 Å². The molecule has 7 heteroatoms. The van der Waals surface area contributed by atoms with Crippen LogP contribution in [0.5, 0.6) is 0 Å². The van der Waals surface area contributed by atoms with Gasteiger partial charge in [0.05, 0.1) is 29.1 Å². The van der Waals surface area contributed by atoms with Crippen molar-refractivity contribution in [3.05, 3.63) is 47.4 Å². The van der Waals surface area contributed by atoms with E-state index in [1.807, 2.05) is 25.1 Å². The van der Waals surface area contributed by atoms with Crippen LogP contribution in [0.4, 0.5) is 0 Å². The fourth-order valence-electron chi connectivity index (χ4n) is 1.97. The van der Waals surface area contributed by atoms with Crippen molar-refractivity contribution in [1.82, 2.24) is 15.3 Å². The number of aromatic nitrogens is 2. The van der Waals surface area contributed by atoms with Crippen LogP contribution in [0, 0.1) is 0 Å². The molecular formula is C15H14ClN3O2S. The van der Waals surface area contributed by atoms with Crippen molar-refractivity contribution in [2.75, 3.05) is 0 Å². The predicted octanol–water partition coefficient (Wildman–Crippen LogP) is 3.61. The average Bonchev–Trinajstić information content (AvgIpc) is 3.12. The maximum Gasteiger partial charge on any atom is 0.233 e. The number of carbonyl (C=O) groups is 1. The minimum Gasteiger partial charge on any atom is -0.467 e. The van der Waals surface area contributed by atoms with Crippen molar-refractivity contribution >= 4 is 40.3 Å². The Morgan fingerprint density at radius 1 is 1.50 bits per heavy atom. The van der Waals surface area contributed by atoms with Gasteiger partial charge in [0.25, 0.3) is 0 Å². The van der Waals surface area contributed by atoms with Gasteiger partial charge in [-0.05, 0) is 37.3 Å². The third-order valence-corrected chi connectivity index (χ3v) is 4.32. The van der Waals surface area contributed by atoms with Crippen molar-refractivity contribution in [2.45, 2.75) is 23.9 Å². The number of aromatic amines is 1. The van der Waals surface area contributed by atoms with E-state index in [2.05, 4.69) is 15.3 Å². The van der Waals surface area contributed by atoms with Crippen LogP contribution < -0.4 is 5.32 Å². The van der Waals surface area contributed by atoms with Gasteiger partial charge in [0.2, 0.25) is 5.91 Å². The quantitative estimate of drug-likeness (QED) is 0.699. The van der Waals surface area contributed by atoms with Crippen LogP contribution in [0.2, 0.25) is 5.02 Å². The SMILES string of the molecule is CC(Sc1nc2ccc(Cl)cc2[nH]1)C(=O)NCc1ccco1. The first-order valence-electron chi connectivity index (χ1n) is 6.74. The minimum absolute atomic E-state index is 0.0695. The molecule has 2 N–H and O–H groups in total. The molecule has 22 heavy (non-hydrogen) atoms. The van der Waals surface area contributed by atoms with Gasteiger partial charge in [0.15, 0.2) is 5.16 Å². The highest BCUT2D eigenvalue weighted by atomic mass is 35.5. The molecule has 1 unspecified atom stereocenters. The summed E-state index contributed by atoms with van der Waals surface area (Å²) < 4.78 is 5.18. The summed E-state index contributed by atoms with van der Waals surface area (Å²) in [6.07, 6.45) is 1.58. The van der Waals surface area contributed by atoms with Crippen molar-refractivity contribution < 1.29 is 9.21 Å². The lowest BCUT2D eigenvalue weighted by Crippen LogP contribution is -2.30. The standard InChI is InChI=1S/C15H14ClN3O2S/c1-9(14(20)17-8-11-3-2-6-21-11)22-15-18-12-5-4-10(16)7-13(12)19-15/h2-7,9H,8H2,1H3,(H,17,20)(H,18,19). The van der Waals surface area contributed by atoms with Crippen LogP contribution in [0.1, 0.15) is 12.7 Å². The lowest BCUT2D eigenvalue weighted by molar-refractivity contribution is -0.120. The zero-order chi connectivity index (χ0) is 15.5. The molecule has 2 heterocycles. The summed E-state index contributed by atoms with van der Waals surface area (Å²) in [7, 11) is 0. The number of rotatable bonds is 5. The van der Waals surface area contributed by atoms with E-state index in [4.69, 9.17) is 16.0 Å². The van der Waals surface area contributed by atoms with Crippen molar-refractivity contribution in [3.8, 4) is 0 Å². The molecule has 0 fully saturated rings. The first-order chi connectivity index (χ1) is 10.6. The molecular weight excluding hydrogens is 322 g/mol. The van der Waals surface area contributed by atoms with Gasteiger partial charge in [0.1, 0.15) is 5.76 Å². The number of thioether (sulfide) groups is 1. The highest BCUT2D eigenvalue weighted by Gasteiger charge is 2.16. The monoisotopic (exact) mass is 335 g/mol. The molecule has 0 aliphatic carbocycles. The molecule has 0 spiro atoms. The summed E-state index contributed by atoms with van der Waals surface area (Å²) in [4.78, 5) is 19.7. The third-order valence-electron chi connectivity index (χ3n) is 3.10. The summed E-state index contributed by atoms with van der Waals surface area (Å²) in [6.45, 7) is 2.22. The second kappa shape index (κ2) is 6.46. The molecule has 0 bridgehead atoms. The summed E-state index contributed by atoms with van der Waals surface area (Å²) in [6, 6.07) is 9.06. The number of furan rings is 1. The Hall–Kier alpha value is -1.92. The first kappa shape index (κ1) is 15.0. The number of amides is 1. The molecule has 114 valence electrons. The largest absolute Gasteiger partial charge is 0.467 e. The number of carbonyl (C=O) groups excluding carboxylic acids is 1. The smallest absolute Gasteiger partial charge is 0.233 e. The van der Waals surface area contributed by atoms with E-state index in [1.165, 1.54) is 11.8 Å². The minimum atomic E-state index is -0.272. The van der Waals surface area contributed by atoms with E-state index in [1.54, 1.807) is 18.4 Å². The Balaban J connectivity index is 1.61. The highest BCUT2D eigenvalue weighted by molar-refractivity contribution is 8.00. The molecule has 3 rings (SSSR count). The number of fused-ring (bicyclic) bond motifs is 1. The molecule has 0 saturated carbocycles. The molecule has 1 atom stereocenters. The summed E-state index contributed by atoms with van der Waals surface area (Å²) >= 11 is 7.31. The molecule has 2 aromatic heterocycles. The topological polar surface area (TPSA) is 70.9 Å². The van der Waals surface area contributed by atoms with E-state index in [9.17, 15) is 4.79 Å². The van der Waals surface area contributed by atoms with Crippen molar-refractivity contribution in [3.63, 3.8) is 0 Å². The summed E-state index contributed by atoms with van der Waals surface area (Å²) in [5.41, 5.74) is 1.69. The van der Waals surface area contributed by atoms with Gasteiger partial charge in [-0.2, -0.15) is 0 Å². The van der Waals surface area contributed by atoms with E-state index in [-0.39, 0.29) is 11.2 Å².